The zero-order valence-electron chi connectivity index (χ0n) is 8.14. The molecule has 98 valence electrons. The van der Waals surface area contributed by atoms with Crippen LogP contribution in [0.2, 0.25) is 0 Å². The van der Waals surface area contributed by atoms with E-state index < -0.39 is 35.6 Å². The number of hydrogen-bond acceptors (Lipinski definition) is 1. The van der Waals surface area contributed by atoms with Crippen LogP contribution in [0.5, 0.6) is 0 Å². The molecule has 0 aromatic heterocycles. The van der Waals surface area contributed by atoms with Crippen molar-refractivity contribution in [2.75, 3.05) is 0 Å². The van der Waals surface area contributed by atoms with Gasteiger partial charge in [-0.05, 0) is 17.7 Å². The predicted molar refractivity (Wildman–Crippen MR) is 51.6 cm³/mol. The van der Waals surface area contributed by atoms with Crippen LogP contribution in [0.1, 0.15) is 17.2 Å². The summed E-state index contributed by atoms with van der Waals surface area (Å²) in [7, 11) is 0. The van der Waals surface area contributed by atoms with Crippen molar-refractivity contribution < 1.29 is 26.3 Å². The van der Waals surface area contributed by atoms with Crippen LogP contribution in [0.3, 0.4) is 0 Å². The van der Waals surface area contributed by atoms with Gasteiger partial charge in [0.1, 0.15) is 5.82 Å². The molecule has 0 saturated heterocycles. The summed E-state index contributed by atoms with van der Waals surface area (Å²) in [5.74, 6) is -1.16. The molecule has 0 unspecified atom stereocenters. The predicted octanol–water partition coefficient (Wildman–Crippen LogP) is 3.53. The Balaban J connectivity index is 0.00000256. The molecule has 0 saturated carbocycles. The fourth-order valence-electron chi connectivity index (χ4n) is 1.20. The van der Waals surface area contributed by atoms with Crippen LogP contribution < -0.4 is 5.73 Å². The average Bonchev–Trinajstić information content (AvgIpc) is 2.15. The normalized spacial score (nSPS) is 13.4. The maximum Gasteiger partial charge on any atom is 0.416 e. The largest absolute Gasteiger partial charge is 0.416 e. The number of halogens is 7. The molecule has 0 aliphatic carbocycles. The lowest BCUT2D eigenvalue weighted by molar-refractivity contribution is -0.138. The van der Waals surface area contributed by atoms with Gasteiger partial charge >= 0.3 is 6.18 Å². The van der Waals surface area contributed by atoms with Crippen molar-refractivity contribution in [1.29, 1.82) is 0 Å². The Hall–Kier alpha value is -0.950. The van der Waals surface area contributed by atoms with Crippen molar-refractivity contribution in [1.82, 2.24) is 0 Å². The van der Waals surface area contributed by atoms with Crippen LogP contribution in [-0.2, 0) is 6.18 Å². The van der Waals surface area contributed by atoms with E-state index >= 15 is 0 Å². The molecule has 17 heavy (non-hydrogen) atoms. The number of rotatable bonds is 2. The van der Waals surface area contributed by atoms with Crippen LogP contribution in [0.4, 0.5) is 26.3 Å². The minimum Gasteiger partial charge on any atom is -0.319 e. The average molecular weight is 280 g/mol. The third-order valence-corrected chi connectivity index (χ3v) is 1.95. The summed E-state index contributed by atoms with van der Waals surface area (Å²) in [5, 5.41) is 0. The third kappa shape index (κ3) is 3.78. The lowest BCUT2D eigenvalue weighted by Crippen LogP contribution is -2.23. The van der Waals surface area contributed by atoms with Gasteiger partial charge in [-0.25, -0.2) is 13.2 Å². The second kappa shape index (κ2) is 5.59. The van der Waals surface area contributed by atoms with E-state index in [2.05, 4.69) is 0 Å². The summed E-state index contributed by atoms with van der Waals surface area (Å²) in [6, 6.07) is -0.656. The second-order valence-electron chi connectivity index (χ2n) is 3.09. The molecule has 0 bridgehead atoms. The molecule has 0 aliphatic heterocycles. The highest BCUT2D eigenvalue weighted by atomic mass is 35.5. The van der Waals surface area contributed by atoms with E-state index in [9.17, 15) is 26.3 Å². The fraction of sp³-hybridized carbons (Fsp3) is 0.333. The Morgan fingerprint density at radius 3 is 2.06 bits per heavy atom. The number of nitrogens with two attached hydrogens (primary N) is 1. The number of alkyl halides is 5. The lowest BCUT2D eigenvalue weighted by Gasteiger charge is -2.17. The van der Waals surface area contributed by atoms with Gasteiger partial charge in [0.05, 0.1) is 11.6 Å². The molecular formula is C9H8ClF6N. The minimum absolute atomic E-state index is 0. The Bertz CT molecular complexity index is 378. The van der Waals surface area contributed by atoms with Crippen molar-refractivity contribution in [2.45, 2.75) is 18.6 Å². The first-order valence-electron chi connectivity index (χ1n) is 4.14. The molecule has 0 radical (unpaired) electrons. The molecule has 0 aliphatic rings. The van der Waals surface area contributed by atoms with Gasteiger partial charge in [0.2, 0.25) is 0 Å². The van der Waals surface area contributed by atoms with Gasteiger partial charge < -0.3 is 5.73 Å². The molecule has 0 spiro atoms. The Labute approximate surface area is 99.0 Å². The van der Waals surface area contributed by atoms with Crippen molar-refractivity contribution in [3.8, 4) is 0 Å². The highest BCUT2D eigenvalue weighted by Crippen LogP contribution is 2.35. The first-order valence-corrected chi connectivity index (χ1v) is 4.14. The van der Waals surface area contributed by atoms with E-state index in [1.165, 1.54) is 0 Å². The van der Waals surface area contributed by atoms with Gasteiger partial charge in [-0.2, -0.15) is 13.2 Å². The molecule has 0 heterocycles. The molecule has 0 fully saturated rings. The Morgan fingerprint density at radius 1 is 1.12 bits per heavy atom. The maximum absolute atomic E-state index is 12.6. The summed E-state index contributed by atoms with van der Waals surface area (Å²) < 4.78 is 74.2. The van der Waals surface area contributed by atoms with Crippen molar-refractivity contribution in [3.05, 3.63) is 35.1 Å². The van der Waals surface area contributed by atoms with Crippen LogP contribution >= 0.6 is 12.4 Å². The van der Waals surface area contributed by atoms with Gasteiger partial charge in [0, 0.05) is 0 Å². The van der Waals surface area contributed by atoms with Crippen LogP contribution in [-0.4, -0.2) is 6.43 Å². The molecule has 1 rings (SSSR count). The maximum atomic E-state index is 12.6. The van der Waals surface area contributed by atoms with Crippen molar-refractivity contribution in [3.63, 3.8) is 0 Å². The van der Waals surface area contributed by atoms with Gasteiger partial charge in [0.25, 0.3) is 6.43 Å². The number of benzene rings is 1. The number of hydrogen-bond donors (Lipinski definition) is 1. The minimum atomic E-state index is -4.91. The van der Waals surface area contributed by atoms with Crippen LogP contribution in [0.25, 0.3) is 0 Å². The van der Waals surface area contributed by atoms with Gasteiger partial charge in [-0.3, -0.25) is 0 Å². The SMILES string of the molecule is Cl.N[C@H](c1ccc(F)cc1C(F)(F)F)C(F)F. The smallest absolute Gasteiger partial charge is 0.319 e. The van der Waals surface area contributed by atoms with Gasteiger partial charge in [0.15, 0.2) is 0 Å². The highest BCUT2D eigenvalue weighted by molar-refractivity contribution is 5.85. The zero-order chi connectivity index (χ0) is 12.5. The Morgan fingerprint density at radius 2 is 1.65 bits per heavy atom. The third-order valence-electron chi connectivity index (χ3n) is 1.95. The van der Waals surface area contributed by atoms with Crippen LogP contribution in [0, 0.1) is 5.82 Å². The first-order chi connectivity index (χ1) is 7.23. The molecule has 1 nitrogen and oxygen atoms in total. The Kier molecular flexibility index (Phi) is 5.28. The van der Waals surface area contributed by atoms with E-state index in [4.69, 9.17) is 5.73 Å². The summed E-state index contributed by atoms with van der Waals surface area (Å²) in [4.78, 5) is 0. The summed E-state index contributed by atoms with van der Waals surface area (Å²) in [6.45, 7) is 0. The van der Waals surface area contributed by atoms with Crippen molar-refractivity contribution >= 4 is 12.4 Å². The second-order valence-corrected chi connectivity index (χ2v) is 3.09. The van der Waals surface area contributed by atoms with E-state index in [1.807, 2.05) is 0 Å². The molecular weight excluding hydrogens is 272 g/mol. The van der Waals surface area contributed by atoms with Gasteiger partial charge in [-0.1, -0.05) is 6.07 Å². The fourth-order valence-corrected chi connectivity index (χ4v) is 1.20. The summed E-state index contributed by atoms with van der Waals surface area (Å²) in [5.41, 5.74) is 2.63. The quantitative estimate of drug-likeness (QED) is 0.824. The lowest BCUT2D eigenvalue weighted by atomic mass is 10.0. The first kappa shape index (κ1) is 16.1. The molecule has 1 aromatic carbocycles. The highest BCUT2D eigenvalue weighted by Gasteiger charge is 2.36. The van der Waals surface area contributed by atoms with Crippen molar-refractivity contribution in [2.24, 2.45) is 5.73 Å². The van der Waals surface area contributed by atoms with E-state index in [1.54, 1.807) is 0 Å². The zero-order valence-corrected chi connectivity index (χ0v) is 8.96. The monoisotopic (exact) mass is 279 g/mol. The molecule has 2 N–H and O–H groups in total. The topological polar surface area (TPSA) is 26.0 Å². The van der Waals surface area contributed by atoms with Gasteiger partial charge in [-0.15, -0.1) is 12.4 Å². The molecule has 1 aromatic rings. The standard InChI is InChI=1S/C9H7F6N.ClH/c10-4-1-2-5(7(16)8(11)12)6(3-4)9(13,14)15;/h1-3,7-8H,16H2;1H/t7-;/m1./s1. The molecule has 1 atom stereocenters. The molecule has 8 heteroatoms. The van der Waals surface area contributed by atoms with E-state index in [0.29, 0.717) is 12.1 Å². The summed E-state index contributed by atoms with van der Waals surface area (Å²) >= 11 is 0. The van der Waals surface area contributed by atoms with Crippen LogP contribution in [0.15, 0.2) is 18.2 Å². The molecule has 0 amide bonds. The van der Waals surface area contributed by atoms with E-state index in [0.717, 1.165) is 0 Å². The summed E-state index contributed by atoms with van der Waals surface area (Å²) in [6.07, 6.45) is -8.06. The van der Waals surface area contributed by atoms with E-state index in [-0.39, 0.29) is 18.5 Å².